The van der Waals surface area contributed by atoms with Crippen LogP contribution in [0.2, 0.25) is 0 Å². The molecule has 1 fully saturated rings. The van der Waals surface area contributed by atoms with Gasteiger partial charge in [0.15, 0.2) is 6.61 Å². The molecule has 1 aromatic heterocycles. The fraction of sp³-hybridized carbons (Fsp3) is 0.316. The molecule has 1 saturated heterocycles. The van der Waals surface area contributed by atoms with Crippen LogP contribution in [-0.2, 0) is 14.3 Å². The highest BCUT2D eigenvalue weighted by atomic mass is 16.5. The monoisotopic (exact) mass is 354 g/mol. The molecule has 7 nitrogen and oxygen atoms in total. The normalized spacial score (nSPS) is 17.6. The second kappa shape index (κ2) is 8.96. The molecular formula is C19H22N4O3. The molecular weight excluding hydrogens is 332 g/mol. The van der Waals surface area contributed by atoms with E-state index in [1.165, 1.54) is 6.20 Å². The molecule has 1 aromatic rings. The summed E-state index contributed by atoms with van der Waals surface area (Å²) in [6, 6.07) is 0. The minimum Gasteiger partial charge on any atom is -0.484 e. The van der Waals surface area contributed by atoms with Crippen LogP contribution in [0.25, 0.3) is 6.20 Å². The van der Waals surface area contributed by atoms with Crippen molar-refractivity contribution in [3.8, 4) is 0 Å². The number of nitrogens with one attached hydrogen (secondary N) is 1. The van der Waals surface area contributed by atoms with Gasteiger partial charge in [-0.15, -0.1) is 0 Å². The number of allylic oxidation sites excluding steroid dienone is 6. The zero-order chi connectivity index (χ0) is 18.2. The Morgan fingerprint density at radius 3 is 2.96 bits per heavy atom. The number of hydrogen-bond donors (Lipinski definition) is 1. The summed E-state index contributed by atoms with van der Waals surface area (Å²) in [5.41, 5.74) is 1.31. The summed E-state index contributed by atoms with van der Waals surface area (Å²) in [7, 11) is 0. The van der Waals surface area contributed by atoms with Gasteiger partial charge in [0.25, 0.3) is 5.91 Å². The Bertz CT molecular complexity index is 814. The van der Waals surface area contributed by atoms with Gasteiger partial charge in [-0.05, 0) is 30.2 Å². The average molecular weight is 354 g/mol. The smallest absolute Gasteiger partial charge is 0.260 e. The van der Waals surface area contributed by atoms with Crippen LogP contribution in [0, 0.1) is 5.41 Å². The summed E-state index contributed by atoms with van der Waals surface area (Å²) >= 11 is 0. The van der Waals surface area contributed by atoms with Crippen molar-refractivity contribution in [1.29, 1.82) is 5.41 Å². The Balaban J connectivity index is 1.53. The molecule has 136 valence electrons. The van der Waals surface area contributed by atoms with Crippen LogP contribution in [0.15, 0.2) is 60.3 Å². The van der Waals surface area contributed by atoms with E-state index < -0.39 is 0 Å². The lowest BCUT2D eigenvalue weighted by molar-refractivity contribution is -0.138. The molecule has 1 N–H and O–H groups in total. The number of ether oxygens (including phenoxy) is 2. The Morgan fingerprint density at radius 1 is 1.31 bits per heavy atom. The van der Waals surface area contributed by atoms with Crippen molar-refractivity contribution >= 4 is 12.1 Å². The molecule has 0 atom stereocenters. The van der Waals surface area contributed by atoms with Gasteiger partial charge >= 0.3 is 0 Å². The van der Waals surface area contributed by atoms with Gasteiger partial charge in [-0.2, -0.15) is 0 Å². The summed E-state index contributed by atoms with van der Waals surface area (Å²) in [4.78, 5) is 17.8. The third-order valence-electron chi connectivity index (χ3n) is 4.05. The van der Waals surface area contributed by atoms with Crippen LogP contribution >= 0.6 is 0 Å². The zero-order valence-corrected chi connectivity index (χ0v) is 14.5. The summed E-state index contributed by atoms with van der Waals surface area (Å²) in [5.74, 6) is 0.668. The van der Waals surface area contributed by atoms with E-state index >= 15 is 0 Å². The molecule has 1 amide bonds. The second-order valence-corrected chi connectivity index (χ2v) is 5.85. The molecule has 0 spiro atoms. The largest absolute Gasteiger partial charge is 0.484 e. The molecule has 0 unspecified atom stereocenters. The van der Waals surface area contributed by atoms with E-state index in [1.807, 2.05) is 30.5 Å². The number of rotatable bonds is 5. The number of hydrogen-bond acceptors (Lipinski definition) is 5. The lowest BCUT2D eigenvalue weighted by atomic mass is 10.2. The van der Waals surface area contributed by atoms with E-state index in [4.69, 9.17) is 14.9 Å². The molecule has 1 aliphatic carbocycles. The number of aromatic nitrogens is 2. The number of amides is 1. The van der Waals surface area contributed by atoms with Crippen LogP contribution < -0.4 is 5.49 Å². The third-order valence-corrected chi connectivity index (χ3v) is 4.05. The predicted octanol–water partition coefficient (Wildman–Crippen LogP) is 1.48. The van der Waals surface area contributed by atoms with Crippen molar-refractivity contribution in [1.82, 2.24) is 14.5 Å². The number of morpholine rings is 1. The van der Waals surface area contributed by atoms with Crippen LogP contribution in [0.1, 0.15) is 6.42 Å². The Hall–Kier alpha value is -2.93. The Kier molecular flexibility index (Phi) is 6.16. The molecule has 7 heteroatoms. The highest BCUT2D eigenvalue weighted by molar-refractivity contribution is 5.77. The fourth-order valence-electron chi connectivity index (χ4n) is 2.57. The summed E-state index contributed by atoms with van der Waals surface area (Å²) in [6.45, 7) is 2.46. The van der Waals surface area contributed by atoms with Gasteiger partial charge in [0, 0.05) is 31.7 Å². The van der Waals surface area contributed by atoms with Gasteiger partial charge in [-0.25, -0.2) is 0 Å². The van der Waals surface area contributed by atoms with Gasteiger partial charge in [0.2, 0.25) is 0 Å². The molecule has 0 bridgehead atoms. The summed E-state index contributed by atoms with van der Waals surface area (Å²) in [6.07, 6.45) is 17.1. The first-order chi connectivity index (χ1) is 12.7. The number of carbonyl (C=O) groups is 1. The second-order valence-electron chi connectivity index (χ2n) is 5.85. The van der Waals surface area contributed by atoms with Gasteiger partial charge < -0.3 is 18.9 Å². The molecule has 1 aliphatic heterocycles. The molecule has 3 rings (SSSR count). The van der Waals surface area contributed by atoms with E-state index in [-0.39, 0.29) is 12.5 Å². The van der Waals surface area contributed by atoms with Crippen LogP contribution in [-0.4, -0.2) is 53.3 Å². The SMILES string of the molecule is N=c1cnccn1/C=C/C1=CCC=C(OCC(=O)N2CCOCC2)C=C1. The van der Waals surface area contributed by atoms with Gasteiger partial charge in [-0.1, -0.05) is 12.2 Å². The van der Waals surface area contributed by atoms with Gasteiger partial charge in [-0.3, -0.25) is 15.2 Å². The van der Waals surface area contributed by atoms with E-state index in [0.717, 1.165) is 5.57 Å². The molecule has 26 heavy (non-hydrogen) atoms. The highest BCUT2D eigenvalue weighted by Gasteiger charge is 2.17. The number of nitrogens with zero attached hydrogens (tertiary/aromatic N) is 3. The topological polar surface area (TPSA) is 80.4 Å². The van der Waals surface area contributed by atoms with E-state index in [1.54, 1.807) is 21.9 Å². The lowest BCUT2D eigenvalue weighted by Gasteiger charge is -2.26. The molecule has 2 aliphatic rings. The maximum Gasteiger partial charge on any atom is 0.260 e. The quantitative estimate of drug-likeness (QED) is 0.868. The van der Waals surface area contributed by atoms with E-state index in [0.29, 0.717) is 44.0 Å². The average Bonchev–Trinajstić information content (AvgIpc) is 2.91. The lowest BCUT2D eigenvalue weighted by Crippen LogP contribution is -2.42. The standard InChI is InChI=1S/C19H22N4O3/c20-18-14-21-7-9-22(18)8-6-16-2-1-3-17(5-4-16)26-15-19(24)23-10-12-25-13-11-23/h2-9,14,20H,1,10-13,15H2/b8-6+,20-18?. The van der Waals surface area contributed by atoms with Crippen molar-refractivity contribution in [3.05, 3.63) is 65.8 Å². The fourth-order valence-corrected chi connectivity index (χ4v) is 2.57. The van der Waals surface area contributed by atoms with Crippen LogP contribution in [0.5, 0.6) is 0 Å². The van der Waals surface area contributed by atoms with Crippen molar-refractivity contribution in [2.75, 3.05) is 32.9 Å². The predicted molar refractivity (Wildman–Crippen MR) is 96.7 cm³/mol. The highest BCUT2D eigenvalue weighted by Crippen LogP contribution is 2.13. The summed E-state index contributed by atoms with van der Waals surface area (Å²) in [5, 5.41) is 7.78. The van der Waals surface area contributed by atoms with Crippen molar-refractivity contribution in [2.24, 2.45) is 0 Å². The maximum atomic E-state index is 12.1. The molecule has 0 saturated carbocycles. The van der Waals surface area contributed by atoms with Crippen molar-refractivity contribution in [2.45, 2.75) is 6.42 Å². The van der Waals surface area contributed by atoms with Gasteiger partial charge in [0.1, 0.15) is 11.2 Å². The Labute approximate surface area is 152 Å². The summed E-state index contributed by atoms with van der Waals surface area (Å²) < 4.78 is 12.6. The first-order valence-corrected chi connectivity index (χ1v) is 8.54. The van der Waals surface area contributed by atoms with E-state index in [2.05, 4.69) is 11.1 Å². The molecule has 0 aromatic carbocycles. The molecule has 0 radical (unpaired) electrons. The minimum atomic E-state index is -0.0167. The van der Waals surface area contributed by atoms with E-state index in [9.17, 15) is 4.79 Å². The van der Waals surface area contributed by atoms with Gasteiger partial charge in [0.05, 0.1) is 19.4 Å². The van der Waals surface area contributed by atoms with Crippen LogP contribution in [0.3, 0.4) is 0 Å². The first kappa shape index (κ1) is 17.9. The Morgan fingerprint density at radius 2 is 2.15 bits per heavy atom. The minimum absolute atomic E-state index is 0.0167. The maximum absolute atomic E-state index is 12.1. The van der Waals surface area contributed by atoms with Crippen LogP contribution in [0.4, 0.5) is 0 Å². The molecule has 2 heterocycles. The number of carbonyl (C=O) groups excluding carboxylic acids is 1. The zero-order valence-electron chi connectivity index (χ0n) is 14.5. The first-order valence-electron chi connectivity index (χ1n) is 8.54. The van der Waals surface area contributed by atoms with Crippen molar-refractivity contribution in [3.63, 3.8) is 0 Å². The van der Waals surface area contributed by atoms with Crippen molar-refractivity contribution < 1.29 is 14.3 Å². The third kappa shape index (κ3) is 5.03.